The lowest BCUT2D eigenvalue weighted by atomic mass is 10.2. The van der Waals surface area contributed by atoms with Gasteiger partial charge in [-0.1, -0.05) is 13.3 Å². The molecule has 0 aliphatic heterocycles. The number of carboxylic acid groups (broad SMARTS) is 4. The van der Waals surface area contributed by atoms with E-state index in [0.717, 1.165) is 6.42 Å². The van der Waals surface area contributed by atoms with E-state index in [1.54, 1.807) is 0 Å². The second-order valence-electron chi connectivity index (χ2n) is 4.94. The van der Waals surface area contributed by atoms with Gasteiger partial charge in [0.1, 0.15) is 0 Å². The number of hydrogen-bond acceptors (Lipinski definition) is 8. The van der Waals surface area contributed by atoms with E-state index >= 15 is 0 Å². The average Bonchev–Trinajstić information content (AvgIpc) is 2.39. The third-order valence-electron chi connectivity index (χ3n) is 1.38. The van der Waals surface area contributed by atoms with Crippen molar-refractivity contribution in [1.29, 1.82) is 0 Å². The van der Waals surface area contributed by atoms with Crippen LogP contribution in [0.25, 0.3) is 0 Å². The zero-order valence-electron chi connectivity index (χ0n) is 14.2. The minimum atomic E-state index is -1.83. The Kier molecular flexibility index (Phi) is 18.3. The summed E-state index contributed by atoms with van der Waals surface area (Å²) < 4.78 is 0. The number of hydrogen-bond donors (Lipinski definition) is 5. The molecule has 0 aromatic rings. The van der Waals surface area contributed by atoms with E-state index in [0.29, 0.717) is 6.42 Å². The molecule has 2 atom stereocenters. The molecule has 0 fully saturated rings. The van der Waals surface area contributed by atoms with Crippen LogP contribution in [-0.2, 0) is 24.4 Å². The standard InChI is InChI=1S/C10H22O6.2CH2O3/c1-6-7-9(14-13-8(2)12-11)15-16-10(3,4)5;2*2-1(3)4/h8-9,11H,6-7H2,1-5H3;2*(H2,2,3,4). The molecule has 0 rings (SSSR count). The summed E-state index contributed by atoms with van der Waals surface area (Å²) in [6, 6.07) is 0. The van der Waals surface area contributed by atoms with Crippen LogP contribution < -0.4 is 0 Å². The highest BCUT2D eigenvalue weighted by molar-refractivity contribution is 5.53. The lowest BCUT2D eigenvalue weighted by molar-refractivity contribution is -0.522. The normalized spacial score (nSPS) is 12.8. The minimum absolute atomic E-state index is 0.422. The number of carbonyl (C=O) groups is 2. The maximum atomic E-state index is 8.56. The lowest BCUT2D eigenvalue weighted by Crippen LogP contribution is -2.27. The molecule has 0 aromatic carbocycles. The summed E-state index contributed by atoms with van der Waals surface area (Å²) in [5, 5.41) is 36.1. The van der Waals surface area contributed by atoms with Crippen LogP contribution in [0.1, 0.15) is 47.5 Å². The van der Waals surface area contributed by atoms with Crippen molar-refractivity contribution in [3.05, 3.63) is 0 Å². The van der Waals surface area contributed by atoms with Crippen molar-refractivity contribution in [2.75, 3.05) is 0 Å². The quantitative estimate of drug-likeness (QED) is 0.242. The van der Waals surface area contributed by atoms with Crippen molar-refractivity contribution < 1.29 is 59.7 Å². The molecule has 2 unspecified atom stereocenters. The summed E-state index contributed by atoms with van der Waals surface area (Å²) >= 11 is 0. The maximum absolute atomic E-state index is 8.56. The minimum Gasteiger partial charge on any atom is -0.450 e. The predicted molar refractivity (Wildman–Crippen MR) is 77.3 cm³/mol. The van der Waals surface area contributed by atoms with Gasteiger partial charge in [0, 0.05) is 6.42 Å². The largest absolute Gasteiger partial charge is 0.503 e. The fourth-order valence-corrected chi connectivity index (χ4v) is 0.704. The van der Waals surface area contributed by atoms with Gasteiger partial charge in [0.15, 0.2) is 0 Å². The Hall–Kier alpha value is -1.70. The maximum Gasteiger partial charge on any atom is 0.503 e. The van der Waals surface area contributed by atoms with Crippen molar-refractivity contribution in [2.45, 2.75) is 65.6 Å². The van der Waals surface area contributed by atoms with Gasteiger partial charge in [0.2, 0.25) is 12.6 Å². The van der Waals surface area contributed by atoms with Crippen molar-refractivity contribution in [1.82, 2.24) is 0 Å². The Morgan fingerprint density at radius 3 is 1.67 bits per heavy atom. The fourth-order valence-electron chi connectivity index (χ4n) is 0.704. The topological polar surface area (TPSA) is 181 Å². The first kappa shape index (κ1) is 27.2. The number of rotatable bonds is 8. The molecular weight excluding hydrogens is 336 g/mol. The van der Waals surface area contributed by atoms with Gasteiger partial charge in [-0.05, 0) is 27.7 Å². The molecule has 0 spiro atoms. The van der Waals surface area contributed by atoms with Crippen molar-refractivity contribution in [2.24, 2.45) is 0 Å². The van der Waals surface area contributed by atoms with Gasteiger partial charge in [0.25, 0.3) is 0 Å². The molecule has 0 saturated heterocycles. The molecule has 146 valence electrons. The summed E-state index contributed by atoms with van der Waals surface area (Å²) in [6.07, 6.45) is -3.75. The van der Waals surface area contributed by atoms with Gasteiger partial charge in [-0.3, -0.25) is 0 Å². The van der Waals surface area contributed by atoms with Gasteiger partial charge in [-0.25, -0.2) is 29.5 Å². The molecule has 12 nitrogen and oxygen atoms in total. The zero-order valence-corrected chi connectivity index (χ0v) is 14.2. The fraction of sp³-hybridized carbons (Fsp3) is 0.833. The van der Waals surface area contributed by atoms with E-state index < -0.39 is 30.5 Å². The second kappa shape index (κ2) is 16.2. The third-order valence-corrected chi connectivity index (χ3v) is 1.38. The SMILES string of the molecule is CCCC(OOC(C)OO)OOC(C)(C)C.O=C(O)O.O=C(O)O. The molecule has 0 aliphatic carbocycles. The van der Waals surface area contributed by atoms with E-state index in [2.05, 4.69) is 4.89 Å². The summed E-state index contributed by atoms with van der Waals surface area (Å²) in [5.74, 6) is 0. The molecular formula is C12H26O12. The first-order valence-electron chi connectivity index (χ1n) is 6.66. The molecule has 0 aromatic heterocycles. The van der Waals surface area contributed by atoms with E-state index in [-0.39, 0.29) is 0 Å². The molecule has 0 aliphatic rings. The van der Waals surface area contributed by atoms with Crippen LogP contribution in [0.2, 0.25) is 0 Å². The van der Waals surface area contributed by atoms with Crippen LogP contribution in [-0.4, -0.2) is 56.2 Å². The summed E-state index contributed by atoms with van der Waals surface area (Å²) in [5.41, 5.74) is -0.422. The molecule has 0 bridgehead atoms. The Morgan fingerprint density at radius 1 is 0.958 bits per heavy atom. The molecule has 0 amide bonds. The van der Waals surface area contributed by atoms with Gasteiger partial charge in [0.05, 0.1) is 5.60 Å². The van der Waals surface area contributed by atoms with E-state index in [1.165, 1.54) is 6.92 Å². The van der Waals surface area contributed by atoms with Crippen LogP contribution in [0.3, 0.4) is 0 Å². The molecule has 24 heavy (non-hydrogen) atoms. The van der Waals surface area contributed by atoms with Crippen molar-refractivity contribution in [3.63, 3.8) is 0 Å². The molecule has 12 heteroatoms. The van der Waals surface area contributed by atoms with Crippen molar-refractivity contribution in [3.8, 4) is 0 Å². The predicted octanol–water partition coefficient (Wildman–Crippen LogP) is 3.09. The Morgan fingerprint density at radius 2 is 1.38 bits per heavy atom. The Bertz CT molecular complexity index is 294. The van der Waals surface area contributed by atoms with Gasteiger partial charge in [-0.2, -0.15) is 9.78 Å². The van der Waals surface area contributed by atoms with Crippen molar-refractivity contribution >= 4 is 12.3 Å². The molecule has 0 saturated carbocycles. The van der Waals surface area contributed by atoms with Gasteiger partial charge in [-0.15, -0.1) is 0 Å². The smallest absolute Gasteiger partial charge is 0.450 e. The first-order chi connectivity index (χ1) is 10.9. The van der Waals surface area contributed by atoms with Gasteiger partial charge < -0.3 is 20.4 Å². The van der Waals surface area contributed by atoms with Crippen LogP contribution in [0.15, 0.2) is 0 Å². The van der Waals surface area contributed by atoms with E-state index in [1.807, 2.05) is 27.7 Å². The van der Waals surface area contributed by atoms with Crippen LogP contribution in [0.5, 0.6) is 0 Å². The highest BCUT2D eigenvalue weighted by Gasteiger charge is 2.18. The van der Waals surface area contributed by atoms with Crippen LogP contribution in [0.4, 0.5) is 9.59 Å². The lowest BCUT2D eigenvalue weighted by Gasteiger charge is -2.22. The highest BCUT2D eigenvalue weighted by atomic mass is 17.3. The molecule has 5 N–H and O–H groups in total. The first-order valence-corrected chi connectivity index (χ1v) is 6.66. The Labute approximate surface area is 138 Å². The molecule has 0 heterocycles. The average molecular weight is 362 g/mol. The van der Waals surface area contributed by atoms with Crippen LogP contribution >= 0.6 is 0 Å². The van der Waals surface area contributed by atoms with Crippen LogP contribution in [0, 0.1) is 0 Å². The second-order valence-corrected chi connectivity index (χ2v) is 4.94. The summed E-state index contributed by atoms with van der Waals surface area (Å²) in [4.78, 5) is 40.7. The monoisotopic (exact) mass is 362 g/mol. The zero-order chi connectivity index (χ0) is 19.8. The highest BCUT2D eigenvalue weighted by Crippen LogP contribution is 2.13. The summed E-state index contributed by atoms with van der Waals surface area (Å²) in [6.45, 7) is 9.03. The summed E-state index contributed by atoms with van der Waals surface area (Å²) in [7, 11) is 0. The Balaban J connectivity index is -0.000000457. The third kappa shape index (κ3) is 37.0. The molecule has 0 radical (unpaired) electrons. The van der Waals surface area contributed by atoms with E-state index in [4.69, 9.17) is 54.8 Å². The van der Waals surface area contributed by atoms with Gasteiger partial charge >= 0.3 is 12.3 Å². The van der Waals surface area contributed by atoms with E-state index in [9.17, 15) is 0 Å².